The highest BCUT2D eigenvalue weighted by Gasteiger charge is 2.39. The van der Waals surface area contributed by atoms with Gasteiger partial charge in [-0.1, -0.05) is 101 Å². The fourth-order valence-corrected chi connectivity index (χ4v) is 14.7. The van der Waals surface area contributed by atoms with Crippen LogP contribution in [0.3, 0.4) is 0 Å². The number of carbonyl (C=O) groups is 2. The Morgan fingerprint density at radius 3 is 1.19 bits per heavy atom. The minimum Gasteiger partial charge on any atom is -0.459 e. The molecule has 0 spiro atoms. The first-order chi connectivity index (χ1) is 45.6. The van der Waals surface area contributed by atoms with Crippen molar-refractivity contribution in [3.63, 3.8) is 0 Å². The standard InChI is InChI=1S/C76H128O20/c1-45-21-27-55(77)35-59-17-15-19-61(93-59)43-69(89-13)52(8)68(82)38-58(80)40-72(54(10)76(86)48(4)26-30-64-42-66(88-12)34-50(6)92-64)96-74(84)32-24-46(2)22-28-56(78)36-60-18-16-20-62(94-60)44-70(90-14)51(7)67(81)37-57(79)39-71(95-73(83)31-23-45)53(9)75(85)47(3)25-29-63-41-65(87-11)33-49(5)91-63/h15-18,21-24,31-32,47-72,75-82,85-86H,19-20,25-30,33-44H2,1-14H3. The molecule has 0 radical (unpaired) electrons. The molecule has 0 aromatic carbocycles. The predicted octanol–water partition coefficient (Wildman–Crippen LogP) is 9.62. The molecule has 0 saturated carbocycles. The number of esters is 2. The highest BCUT2D eigenvalue weighted by Crippen LogP contribution is 2.35. The Morgan fingerprint density at radius 1 is 0.458 bits per heavy atom. The first-order valence-electron chi connectivity index (χ1n) is 36.2. The molecule has 28 unspecified atom stereocenters. The molecule has 0 aromatic rings. The van der Waals surface area contributed by atoms with Crippen LogP contribution in [-0.2, 0) is 57.0 Å². The van der Waals surface area contributed by atoms with Gasteiger partial charge in [0, 0.05) is 103 Å². The van der Waals surface area contributed by atoms with E-state index in [2.05, 4.69) is 0 Å². The second kappa shape index (κ2) is 42.9. The zero-order chi connectivity index (χ0) is 70.8. The highest BCUT2D eigenvalue weighted by molar-refractivity contribution is 5.83. The first-order valence-corrected chi connectivity index (χ1v) is 36.2. The van der Waals surface area contributed by atoms with Crippen LogP contribution in [0.5, 0.6) is 0 Å². The maximum atomic E-state index is 13.7. The minimum atomic E-state index is -1.13. The van der Waals surface area contributed by atoms with E-state index in [4.69, 9.17) is 47.4 Å². The number of fused-ring (bicyclic) bond motifs is 4. The summed E-state index contributed by atoms with van der Waals surface area (Å²) < 4.78 is 60.9. The Kier molecular flexibility index (Phi) is 37.2. The molecule has 20 heteroatoms. The lowest BCUT2D eigenvalue weighted by Crippen LogP contribution is -2.41. The number of aliphatic hydroxyl groups is 8. The molecule has 5 aliphatic rings. The molecule has 28 atom stereocenters. The number of ether oxygens (including phenoxy) is 10. The van der Waals surface area contributed by atoms with Crippen molar-refractivity contribution in [2.75, 3.05) is 28.4 Å². The Balaban J connectivity index is 1.33. The third-order valence-corrected chi connectivity index (χ3v) is 21.2. The summed E-state index contributed by atoms with van der Waals surface area (Å²) >= 11 is 0. The summed E-state index contributed by atoms with van der Waals surface area (Å²) in [5.41, 5.74) is 1.39. The molecule has 0 amide bonds. The fraction of sp³-hybridized carbons (Fsp3) is 0.816. The van der Waals surface area contributed by atoms with Gasteiger partial charge in [0.05, 0.1) is 122 Å². The summed E-state index contributed by atoms with van der Waals surface area (Å²) in [6, 6.07) is 0. The number of aliphatic hydroxyl groups excluding tert-OH is 8. The summed E-state index contributed by atoms with van der Waals surface area (Å²) in [4.78, 5) is 27.5. The van der Waals surface area contributed by atoms with Gasteiger partial charge < -0.3 is 88.2 Å². The molecule has 5 rings (SSSR count). The summed E-state index contributed by atoms with van der Waals surface area (Å²) in [5.74, 6) is -3.93. The smallest absolute Gasteiger partial charge is 0.331 e. The number of carbonyl (C=O) groups excluding carboxylic acids is 2. The van der Waals surface area contributed by atoms with Gasteiger partial charge in [-0.2, -0.15) is 0 Å². The van der Waals surface area contributed by atoms with Gasteiger partial charge in [0.25, 0.3) is 0 Å². The molecule has 5 aliphatic heterocycles. The van der Waals surface area contributed by atoms with Crippen LogP contribution in [0.25, 0.3) is 0 Å². The third kappa shape index (κ3) is 29.0. The van der Waals surface area contributed by atoms with Crippen LogP contribution < -0.4 is 0 Å². The van der Waals surface area contributed by atoms with Crippen molar-refractivity contribution in [3.8, 4) is 0 Å². The lowest BCUT2D eigenvalue weighted by Gasteiger charge is -2.36. The molecular formula is C76H128O20. The lowest BCUT2D eigenvalue weighted by atomic mass is 9.83. The van der Waals surface area contributed by atoms with E-state index in [-0.39, 0.29) is 112 Å². The molecule has 552 valence electrons. The van der Waals surface area contributed by atoms with E-state index in [0.29, 0.717) is 62.5 Å². The maximum absolute atomic E-state index is 13.7. The van der Waals surface area contributed by atoms with Crippen LogP contribution in [0.4, 0.5) is 0 Å². The topological polar surface area (TPSA) is 288 Å². The summed E-state index contributed by atoms with van der Waals surface area (Å²) in [5, 5.41) is 93.2. The van der Waals surface area contributed by atoms with E-state index in [9.17, 15) is 50.4 Å². The molecule has 96 heavy (non-hydrogen) atoms. The normalized spacial score (nSPS) is 38.4. The summed E-state index contributed by atoms with van der Waals surface area (Å²) in [6.07, 6.45) is 14.4. The molecule has 0 aliphatic carbocycles. The third-order valence-electron chi connectivity index (χ3n) is 21.2. The SMILES string of the molecule is COC1CC(C)OC(CCC(C)C(O)C(C)C2CC(O)CC(O)C(C)C(OC)CC3CC=CC(CC(O)CC=C(C)C=CC(=O)OC(C(C)C(O)C(C)CCC4CC(OC)CC(C)O4)CC(O)CC(O)C(C)C(OC)CC4CC=CC(CC(O)CC=C(C)C=CC(=O)O2)O4)O3)C1. The van der Waals surface area contributed by atoms with Gasteiger partial charge in [-0.15, -0.1) is 0 Å². The van der Waals surface area contributed by atoms with Crippen molar-refractivity contribution >= 4 is 11.9 Å². The Morgan fingerprint density at radius 2 is 0.833 bits per heavy atom. The van der Waals surface area contributed by atoms with Crippen molar-refractivity contribution in [3.05, 3.63) is 71.9 Å². The lowest BCUT2D eigenvalue weighted by molar-refractivity contribution is -0.152. The largest absolute Gasteiger partial charge is 0.459 e. The first kappa shape index (κ1) is 83.4. The second-order valence-electron chi connectivity index (χ2n) is 29.4. The van der Waals surface area contributed by atoms with Gasteiger partial charge >= 0.3 is 11.9 Å². The van der Waals surface area contributed by atoms with Crippen molar-refractivity contribution < 1.29 is 97.8 Å². The molecule has 5 heterocycles. The zero-order valence-corrected chi connectivity index (χ0v) is 60.6. The molecule has 8 N–H and O–H groups in total. The number of allylic oxidation sites excluding steroid dienone is 4. The molecular weight excluding hydrogens is 1230 g/mol. The number of methoxy groups -OCH3 is 4. The summed E-state index contributed by atoms with van der Waals surface area (Å²) in [6.45, 7) is 19.0. The number of hydrogen-bond acceptors (Lipinski definition) is 20. The van der Waals surface area contributed by atoms with Crippen molar-refractivity contribution in [1.82, 2.24) is 0 Å². The monoisotopic (exact) mass is 1360 g/mol. The van der Waals surface area contributed by atoms with Gasteiger partial charge in [-0.25, -0.2) is 9.59 Å². The van der Waals surface area contributed by atoms with Crippen molar-refractivity contribution in [2.24, 2.45) is 35.5 Å². The number of hydrogen-bond donors (Lipinski definition) is 8. The molecule has 2 saturated heterocycles. The van der Waals surface area contributed by atoms with Crippen LogP contribution in [-0.4, -0.2) is 216 Å². The molecule has 2 fully saturated rings. The second-order valence-corrected chi connectivity index (χ2v) is 29.4. The molecule has 0 aromatic heterocycles. The van der Waals surface area contributed by atoms with Crippen LogP contribution in [0.15, 0.2) is 71.9 Å². The summed E-state index contributed by atoms with van der Waals surface area (Å²) in [7, 11) is 6.58. The number of cyclic esters (lactones) is 2. The van der Waals surface area contributed by atoms with Gasteiger partial charge in [-0.3, -0.25) is 0 Å². The van der Waals surface area contributed by atoms with Crippen LogP contribution >= 0.6 is 0 Å². The average molecular weight is 1360 g/mol. The van der Waals surface area contributed by atoms with E-state index in [1.54, 1.807) is 40.6 Å². The Labute approximate surface area is 575 Å². The van der Waals surface area contributed by atoms with E-state index in [1.165, 1.54) is 12.2 Å². The number of rotatable bonds is 16. The highest BCUT2D eigenvalue weighted by atomic mass is 16.6. The average Bonchev–Trinajstić information content (AvgIpc) is 0.973. The van der Waals surface area contributed by atoms with Gasteiger partial charge in [-0.05, 0) is 129 Å². The Bertz CT molecular complexity index is 2250. The van der Waals surface area contributed by atoms with E-state index in [1.807, 2.05) is 106 Å². The van der Waals surface area contributed by atoms with E-state index < -0.39 is 121 Å². The van der Waals surface area contributed by atoms with Gasteiger partial charge in [0.15, 0.2) is 0 Å². The van der Waals surface area contributed by atoms with Crippen LogP contribution in [0.2, 0.25) is 0 Å². The predicted molar refractivity (Wildman–Crippen MR) is 368 cm³/mol. The fourth-order valence-electron chi connectivity index (χ4n) is 14.7. The van der Waals surface area contributed by atoms with Crippen LogP contribution in [0.1, 0.15) is 198 Å². The van der Waals surface area contributed by atoms with Crippen molar-refractivity contribution in [2.45, 2.75) is 332 Å². The van der Waals surface area contributed by atoms with E-state index >= 15 is 0 Å². The van der Waals surface area contributed by atoms with Gasteiger partial charge in [0.1, 0.15) is 12.2 Å². The minimum absolute atomic E-state index is 0.0230. The van der Waals surface area contributed by atoms with Crippen molar-refractivity contribution in [1.29, 1.82) is 0 Å². The van der Waals surface area contributed by atoms with Crippen LogP contribution in [0, 0.1) is 35.5 Å². The van der Waals surface area contributed by atoms with Gasteiger partial charge in [0.2, 0.25) is 0 Å². The molecule has 20 nitrogen and oxygen atoms in total. The quantitative estimate of drug-likeness (QED) is 0.0527. The maximum Gasteiger partial charge on any atom is 0.331 e. The Hall–Kier alpha value is -3.26. The zero-order valence-electron chi connectivity index (χ0n) is 60.6. The van der Waals surface area contributed by atoms with E-state index in [0.717, 1.165) is 25.7 Å². The molecule has 4 bridgehead atoms.